The molecule has 3 heterocycles. The van der Waals surface area contributed by atoms with Gasteiger partial charge < -0.3 is 24.4 Å². The van der Waals surface area contributed by atoms with Gasteiger partial charge in [0.05, 0.1) is 18.1 Å². The molecule has 1 spiro atoms. The molecule has 2 amide bonds. The Kier molecular flexibility index (Phi) is 9.98. The van der Waals surface area contributed by atoms with E-state index in [-0.39, 0.29) is 31.0 Å². The summed E-state index contributed by atoms with van der Waals surface area (Å²) >= 11 is 0. The zero-order valence-electron chi connectivity index (χ0n) is 22.5. The molecule has 3 fully saturated rings. The molecule has 3 aliphatic rings. The Morgan fingerprint density at radius 2 is 1.92 bits per heavy atom. The predicted octanol–water partition coefficient (Wildman–Crippen LogP) is 3.46. The van der Waals surface area contributed by atoms with Gasteiger partial charge in [0.1, 0.15) is 17.6 Å². The molecular formula is C28H46N2O6. The Labute approximate surface area is 216 Å². The second-order valence-corrected chi connectivity index (χ2v) is 10.5. The van der Waals surface area contributed by atoms with Gasteiger partial charge in [-0.3, -0.25) is 14.4 Å². The molecule has 3 saturated heterocycles. The van der Waals surface area contributed by atoms with Crippen molar-refractivity contribution in [3.63, 3.8) is 0 Å². The molecular weight excluding hydrogens is 460 g/mol. The molecule has 0 aromatic carbocycles. The lowest BCUT2D eigenvalue weighted by molar-refractivity contribution is -0.161. The van der Waals surface area contributed by atoms with Crippen molar-refractivity contribution < 1.29 is 29.0 Å². The highest BCUT2D eigenvalue weighted by Crippen LogP contribution is 2.64. The van der Waals surface area contributed by atoms with Gasteiger partial charge in [-0.05, 0) is 45.4 Å². The number of rotatable bonds is 16. The molecule has 204 valence electrons. The number of hydrogen-bond acceptors (Lipinski definition) is 6. The third-order valence-electron chi connectivity index (χ3n) is 8.46. The molecule has 8 heteroatoms. The Morgan fingerprint density at radius 1 is 1.17 bits per heavy atom. The molecule has 0 saturated carbocycles. The number of aliphatic hydroxyl groups excluding tert-OH is 1. The molecule has 0 aromatic heterocycles. The Balaban J connectivity index is 1.97. The van der Waals surface area contributed by atoms with Crippen LogP contribution in [0, 0.1) is 11.8 Å². The van der Waals surface area contributed by atoms with Crippen molar-refractivity contribution in [3.8, 4) is 0 Å². The Morgan fingerprint density at radius 3 is 2.56 bits per heavy atom. The molecule has 1 N–H and O–H groups in total. The van der Waals surface area contributed by atoms with E-state index in [1.54, 1.807) is 17.9 Å². The van der Waals surface area contributed by atoms with E-state index < -0.39 is 29.1 Å². The first kappa shape index (κ1) is 28.6. The fourth-order valence-corrected chi connectivity index (χ4v) is 6.75. The number of likely N-dealkylation sites (tertiary alicyclic amines) is 1. The van der Waals surface area contributed by atoms with Gasteiger partial charge in [0, 0.05) is 26.2 Å². The quantitative estimate of drug-likeness (QED) is 0.196. The van der Waals surface area contributed by atoms with Crippen molar-refractivity contribution in [2.75, 3.05) is 32.8 Å². The lowest BCUT2D eigenvalue weighted by atomic mass is 9.65. The van der Waals surface area contributed by atoms with E-state index >= 15 is 0 Å². The van der Waals surface area contributed by atoms with Gasteiger partial charge in [-0.2, -0.15) is 0 Å². The number of nitrogens with zero attached hydrogens (tertiary/aromatic N) is 2. The van der Waals surface area contributed by atoms with Crippen LogP contribution < -0.4 is 0 Å². The lowest BCUT2D eigenvalue weighted by Crippen LogP contribution is -2.56. The summed E-state index contributed by atoms with van der Waals surface area (Å²) in [7, 11) is 0. The molecule has 2 bridgehead atoms. The molecule has 0 aliphatic carbocycles. The second kappa shape index (κ2) is 12.5. The first-order chi connectivity index (χ1) is 17.4. The van der Waals surface area contributed by atoms with Crippen molar-refractivity contribution in [3.05, 3.63) is 12.7 Å². The third kappa shape index (κ3) is 5.08. The van der Waals surface area contributed by atoms with Crippen molar-refractivity contribution in [2.45, 2.75) is 102 Å². The first-order valence-electron chi connectivity index (χ1n) is 14.0. The zero-order valence-corrected chi connectivity index (χ0v) is 22.5. The molecule has 2 unspecified atom stereocenters. The fraction of sp³-hybridized carbons (Fsp3) is 0.821. The Hall–Kier alpha value is -1.93. The summed E-state index contributed by atoms with van der Waals surface area (Å²) in [5.74, 6) is -2.03. The average molecular weight is 507 g/mol. The monoisotopic (exact) mass is 506 g/mol. The van der Waals surface area contributed by atoms with Crippen LogP contribution in [0.4, 0.5) is 0 Å². The molecule has 5 atom stereocenters. The molecule has 3 aliphatic heterocycles. The number of fused-ring (bicyclic) bond motifs is 1. The van der Waals surface area contributed by atoms with Gasteiger partial charge in [0.2, 0.25) is 11.8 Å². The molecule has 3 rings (SSSR count). The van der Waals surface area contributed by atoms with E-state index in [0.717, 1.165) is 44.9 Å². The van der Waals surface area contributed by atoms with Gasteiger partial charge in [-0.15, -0.1) is 6.58 Å². The number of aliphatic hydroxyl groups is 1. The minimum absolute atomic E-state index is 0.103. The van der Waals surface area contributed by atoms with Crippen molar-refractivity contribution in [2.24, 2.45) is 11.8 Å². The maximum Gasteiger partial charge on any atom is 0.312 e. The van der Waals surface area contributed by atoms with Crippen LogP contribution in [0.3, 0.4) is 0 Å². The highest BCUT2D eigenvalue weighted by atomic mass is 16.6. The minimum atomic E-state index is -1.00. The highest BCUT2D eigenvalue weighted by molar-refractivity contribution is 5.98. The first-order valence-corrected chi connectivity index (χ1v) is 14.0. The second-order valence-electron chi connectivity index (χ2n) is 10.5. The summed E-state index contributed by atoms with van der Waals surface area (Å²) in [4.78, 5) is 44.9. The van der Waals surface area contributed by atoms with E-state index in [0.29, 0.717) is 38.9 Å². The van der Waals surface area contributed by atoms with Crippen LogP contribution in [0.15, 0.2) is 12.7 Å². The summed E-state index contributed by atoms with van der Waals surface area (Å²) in [6.07, 6.45) is 9.69. The van der Waals surface area contributed by atoms with Crippen LogP contribution >= 0.6 is 0 Å². The van der Waals surface area contributed by atoms with Crippen LogP contribution in [-0.4, -0.2) is 82.8 Å². The topological polar surface area (TPSA) is 96.4 Å². The number of unbranched alkanes of at least 4 members (excludes halogenated alkanes) is 5. The van der Waals surface area contributed by atoms with Crippen LogP contribution in [0.25, 0.3) is 0 Å². The molecule has 0 aromatic rings. The van der Waals surface area contributed by atoms with E-state index in [9.17, 15) is 14.4 Å². The fourth-order valence-electron chi connectivity index (χ4n) is 6.75. The number of ether oxygens (including phenoxy) is 2. The smallest absolute Gasteiger partial charge is 0.312 e. The standard InChI is InChI=1S/C28H46N2O6/c1-5-9-12-18-29(17-6-2)25(33)23-28-16-15-27(7-3,36-28)22(26(34)35-8-4)21(28)24(32)30(23)19-13-10-11-14-20-31/h6,21-23,31H,2,5,7-20H2,1,3-4H3/t21-,22-,23?,27+,28?/m0/s1. The van der Waals surface area contributed by atoms with Gasteiger partial charge >= 0.3 is 5.97 Å². The molecule has 8 nitrogen and oxygen atoms in total. The van der Waals surface area contributed by atoms with Crippen molar-refractivity contribution in [1.29, 1.82) is 0 Å². The van der Waals surface area contributed by atoms with E-state index in [1.807, 2.05) is 11.8 Å². The zero-order chi connectivity index (χ0) is 26.3. The molecule has 36 heavy (non-hydrogen) atoms. The summed E-state index contributed by atoms with van der Waals surface area (Å²) in [5.41, 5.74) is -1.76. The molecule has 0 radical (unpaired) electrons. The summed E-state index contributed by atoms with van der Waals surface area (Å²) < 4.78 is 12.2. The summed E-state index contributed by atoms with van der Waals surface area (Å²) in [6, 6.07) is -0.748. The van der Waals surface area contributed by atoms with E-state index in [1.165, 1.54) is 0 Å². The van der Waals surface area contributed by atoms with Gasteiger partial charge in [0.25, 0.3) is 0 Å². The highest BCUT2D eigenvalue weighted by Gasteiger charge is 2.79. The number of esters is 1. The number of carbonyl (C=O) groups excluding carboxylic acids is 3. The van der Waals surface area contributed by atoms with Gasteiger partial charge in [0.15, 0.2) is 0 Å². The Bertz CT molecular complexity index is 803. The number of carbonyl (C=O) groups is 3. The van der Waals surface area contributed by atoms with Crippen LogP contribution in [0.1, 0.15) is 85.0 Å². The third-order valence-corrected chi connectivity index (χ3v) is 8.46. The predicted molar refractivity (Wildman–Crippen MR) is 137 cm³/mol. The van der Waals surface area contributed by atoms with Crippen LogP contribution in [0.2, 0.25) is 0 Å². The maximum atomic E-state index is 14.2. The SMILES string of the molecule is C=CCN(CCCCC)C(=O)C1N(CCCCCCO)C(=O)[C@@H]2[C@@H](C(=O)OCC)[C@@]3(CC)CCC12O3. The largest absolute Gasteiger partial charge is 0.466 e. The van der Waals surface area contributed by atoms with E-state index in [4.69, 9.17) is 14.6 Å². The van der Waals surface area contributed by atoms with Crippen molar-refractivity contribution in [1.82, 2.24) is 9.80 Å². The van der Waals surface area contributed by atoms with Gasteiger partial charge in [-0.25, -0.2) is 0 Å². The normalized spacial score (nSPS) is 30.5. The van der Waals surface area contributed by atoms with Gasteiger partial charge in [-0.1, -0.05) is 45.6 Å². The van der Waals surface area contributed by atoms with Crippen molar-refractivity contribution >= 4 is 17.8 Å². The maximum absolute atomic E-state index is 14.2. The summed E-state index contributed by atoms with van der Waals surface area (Å²) in [5, 5.41) is 9.10. The van der Waals surface area contributed by atoms with Crippen LogP contribution in [-0.2, 0) is 23.9 Å². The number of amides is 2. The number of hydrogen-bond donors (Lipinski definition) is 1. The lowest BCUT2D eigenvalue weighted by Gasteiger charge is -2.37. The van der Waals surface area contributed by atoms with Crippen LogP contribution in [0.5, 0.6) is 0 Å². The summed E-state index contributed by atoms with van der Waals surface area (Å²) in [6.45, 7) is 11.6. The average Bonchev–Trinajstić information content (AvgIpc) is 3.47. The van der Waals surface area contributed by atoms with E-state index in [2.05, 4.69) is 13.5 Å². The minimum Gasteiger partial charge on any atom is -0.466 e.